The van der Waals surface area contributed by atoms with Crippen LogP contribution in [0.5, 0.6) is 0 Å². The second kappa shape index (κ2) is 7.87. The van der Waals surface area contributed by atoms with E-state index in [4.69, 9.17) is 0 Å². The van der Waals surface area contributed by atoms with E-state index >= 15 is 0 Å². The molecular weight excluding hydrogens is 130 g/mol. The number of rotatable bonds is 4. The fourth-order valence-electron chi connectivity index (χ4n) is 0.414. The Hall–Kier alpha value is -0.130. The maximum absolute atomic E-state index is 3.19. The molecule has 0 aromatic heterocycles. The summed E-state index contributed by atoms with van der Waals surface area (Å²) in [6, 6.07) is 0. The lowest BCUT2D eigenvalue weighted by Crippen LogP contribution is -2.16. The highest BCUT2D eigenvalue weighted by Gasteiger charge is 1.79. The minimum Gasteiger partial charge on any atom is -0.305 e. The van der Waals surface area contributed by atoms with Crippen LogP contribution in [0.15, 0.2) is 0 Å². The van der Waals surface area contributed by atoms with Gasteiger partial charge in [0.25, 0.3) is 0 Å². The molecule has 0 aliphatic carbocycles. The molecule has 0 heterocycles. The van der Waals surface area contributed by atoms with Gasteiger partial charge in [0.05, 0.1) is 6.54 Å². The van der Waals surface area contributed by atoms with Crippen molar-refractivity contribution in [1.82, 2.24) is 5.32 Å². The van der Waals surface area contributed by atoms with Crippen molar-refractivity contribution >= 4 is 11.8 Å². The lowest BCUT2D eigenvalue weighted by molar-refractivity contribution is 0.818. The summed E-state index contributed by atoms with van der Waals surface area (Å²) in [6.45, 7) is 3.75. The summed E-state index contributed by atoms with van der Waals surface area (Å²) in [7, 11) is 0. The van der Waals surface area contributed by atoms with E-state index in [2.05, 4.69) is 23.4 Å². The van der Waals surface area contributed by atoms with E-state index in [-0.39, 0.29) is 0 Å². The van der Waals surface area contributed by atoms with Crippen LogP contribution in [0.25, 0.3) is 0 Å². The van der Waals surface area contributed by atoms with Gasteiger partial charge in [-0.15, -0.1) is 5.92 Å². The van der Waals surface area contributed by atoms with Crippen molar-refractivity contribution in [2.45, 2.75) is 6.92 Å². The predicted octanol–water partition coefficient (Wildman–Crippen LogP) is 0.962. The second-order valence-corrected chi connectivity index (χ2v) is 2.58. The van der Waals surface area contributed by atoms with Gasteiger partial charge in [0, 0.05) is 12.3 Å². The Labute approximate surface area is 61.6 Å². The molecule has 0 aliphatic heterocycles. The molecule has 0 fully saturated rings. The van der Waals surface area contributed by atoms with Crippen LogP contribution >= 0.6 is 11.8 Å². The minimum atomic E-state index is 0.830. The molecule has 0 rings (SSSR count). The lowest BCUT2D eigenvalue weighted by atomic mass is 10.6. The molecule has 0 spiro atoms. The lowest BCUT2D eigenvalue weighted by Gasteiger charge is -1.95. The van der Waals surface area contributed by atoms with Crippen molar-refractivity contribution in [2.75, 3.05) is 25.1 Å². The largest absolute Gasteiger partial charge is 0.305 e. The van der Waals surface area contributed by atoms with Crippen LogP contribution in [0, 0.1) is 11.8 Å². The third-order valence-electron chi connectivity index (χ3n) is 0.873. The van der Waals surface area contributed by atoms with Crippen molar-refractivity contribution in [3.05, 3.63) is 0 Å². The molecule has 0 aromatic carbocycles. The van der Waals surface area contributed by atoms with Gasteiger partial charge in [-0.1, -0.05) is 5.92 Å². The molecule has 0 unspecified atom stereocenters. The average molecular weight is 143 g/mol. The number of hydrogen-bond acceptors (Lipinski definition) is 2. The van der Waals surface area contributed by atoms with Crippen LogP contribution in [-0.4, -0.2) is 25.1 Å². The molecule has 2 heteroatoms. The predicted molar refractivity (Wildman–Crippen MR) is 44.7 cm³/mol. The normalized spacial score (nSPS) is 8.22. The molecule has 0 radical (unpaired) electrons. The van der Waals surface area contributed by atoms with E-state index in [1.165, 1.54) is 5.75 Å². The molecule has 0 atom stereocenters. The maximum Gasteiger partial charge on any atom is 0.0576 e. The molecule has 0 amide bonds. The summed E-state index contributed by atoms with van der Waals surface area (Å²) < 4.78 is 0. The van der Waals surface area contributed by atoms with Gasteiger partial charge >= 0.3 is 0 Å². The first kappa shape index (κ1) is 8.87. The molecular formula is C7H13NS. The van der Waals surface area contributed by atoms with Gasteiger partial charge in [0.1, 0.15) is 0 Å². The number of hydrogen-bond donors (Lipinski definition) is 1. The Morgan fingerprint density at radius 2 is 2.33 bits per heavy atom. The average Bonchev–Trinajstić information content (AvgIpc) is 1.89. The van der Waals surface area contributed by atoms with Crippen molar-refractivity contribution in [3.63, 3.8) is 0 Å². The summed E-state index contributed by atoms with van der Waals surface area (Å²) in [5.74, 6) is 6.93. The molecule has 0 saturated carbocycles. The first-order valence-corrected chi connectivity index (χ1v) is 4.40. The topological polar surface area (TPSA) is 12.0 Å². The Morgan fingerprint density at radius 1 is 1.56 bits per heavy atom. The Kier molecular flexibility index (Phi) is 7.76. The summed E-state index contributed by atoms with van der Waals surface area (Å²) in [4.78, 5) is 0. The summed E-state index contributed by atoms with van der Waals surface area (Å²) in [5, 5.41) is 3.19. The quantitative estimate of drug-likeness (QED) is 0.465. The molecule has 1 N–H and O–H groups in total. The zero-order valence-electron chi connectivity index (χ0n) is 6.03. The minimum absolute atomic E-state index is 0.830. The van der Waals surface area contributed by atoms with E-state index in [1.54, 1.807) is 0 Å². The highest BCUT2D eigenvalue weighted by atomic mass is 32.2. The Balaban J connectivity index is 2.80. The van der Waals surface area contributed by atoms with Crippen LogP contribution in [0.2, 0.25) is 0 Å². The third kappa shape index (κ3) is 7.87. The van der Waals surface area contributed by atoms with Crippen molar-refractivity contribution in [3.8, 4) is 11.8 Å². The fraction of sp³-hybridized carbons (Fsp3) is 0.714. The first-order valence-electron chi connectivity index (χ1n) is 3.01. The van der Waals surface area contributed by atoms with E-state index < -0.39 is 0 Å². The smallest absolute Gasteiger partial charge is 0.0576 e. The summed E-state index contributed by atoms with van der Waals surface area (Å²) in [6.07, 6.45) is 2.10. The van der Waals surface area contributed by atoms with Crippen LogP contribution in [0.1, 0.15) is 6.92 Å². The number of nitrogens with one attached hydrogen (secondary N) is 1. The molecule has 9 heavy (non-hydrogen) atoms. The van der Waals surface area contributed by atoms with Crippen LogP contribution < -0.4 is 5.32 Å². The molecule has 0 aromatic rings. The summed E-state index contributed by atoms with van der Waals surface area (Å²) in [5.41, 5.74) is 0. The highest BCUT2D eigenvalue weighted by Crippen LogP contribution is 1.85. The fourth-order valence-corrected chi connectivity index (χ4v) is 0.762. The van der Waals surface area contributed by atoms with Crippen molar-refractivity contribution < 1.29 is 0 Å². The molecule has 52 valence electrons. The maximum atomic E-state index is 3.19. The van der Waals surface area contributed by atoms with Gasteiger partial charge < -0.3 is 5.32 Å². The molecule has 0 bridgehead atoms. The molecule has 0 saturated heterocycles. The molecule has 0 aliphatic rings. The van der Waals surface area contributed by atoms with Crippen LogP contribution in [0.3, 0.4) is 0 Å². The van der Waals surface area contributed by atoms with Gasteiger partial charge in [0.2, 0.25) is 0 Å². The Bertz CT molecular complexity index is 101. The SMILES string of the molecule is CC#CCNCCSC. The standard InChI is InChI=1S/C7H13NS/c1-3-4-5-8-6-7-9-2/h8H,5-7H2,1-2H3. The van der Waals surface area contributed by atoms with Gasteiger partial charge in [-0.3, -0.25) is 0 Å². The van der Waals surface area contributed by atoms with Crippen molar-refractivity contribution in [1.29, 1.82) is 0 Å². The van der Waals surface area contributed by atoms with Gasteiger partial charge in [-0.2, -0.15) is 11.8 Å². The zero-order valence-corrected chi connectivity index (χ0v) is 6.85. The van der Waals surface area contributed by atoms with Gasteiger partial charge in [-0.05, 0) is 13.2 Å². The van der Waals surface area contributed by atoms with E-state index in [9.17, 15) is 0 Å². The van der Waals surface area contributed by atoms with Crippen LogP contribution in [0.4, 0.5) is 0 Å². The zero-order chi connectivity index (χ0) is 6.95. The number of thioether (sulfide) groups is 1. The van der Waals surface area contributed by atoms with Gasteiger partial charge in [0.15, 0.2) is 0 Å². The van der Waals surface area contributed by atoms with Crippen LogP contribution in [-0.2, 0) is 0 Å². The second-order valence-electron chi connectivity index (χ2n) is 1.60. The third-order valence-corrected chi connectivity index (χ3v) is 1.49. The first-order chi connectivity index (χ1) is 4.41. The highest BCUT2D eigenvalue weighted by molar-refractivity contribution is 7.98. The molecule has 1 nitrogen and oxygen atoms in total. The Morgan fingerprint density at radius 3 is 2.89 bits per heavy atom. The van der Waals surface area contributed by atoms with E-state index in [0.29, 0.717) is 0 Å². The van der Waals surface area contributed by atoms with Gasteiger partial charge in [-0.25, -0.2) is 0 Å². The summed E-state index contributed by atoms with van der Waals surface area (Å²) >= 11 is 1.85. The van der Waals surface area contributed by atoms with E-state index in [1.807, 2.05) is 18.7 Å². The van der Waals surface area contributed by atoms with Crippen molar-refractivity contribution in [2.24, 2.45) is 0 Å². The monoisotopic (exact) mass is 143 g/mol. The van der Waals surface area contributed by atoms with E-state index in [0.717, 1.165) is 13.1 Å².